The van der Waals surface area contributed by atoms with Crippen molar-refractivity contribution < 1.29 is 14.3 Å². The van der Waals surface area contributed by atoms with Gasteiger partial charge < -0.3 is 15.0 Å². The first-order valence-electron chi connectivity index (χ1n) is 11.0. The van der Waals surface area contributed by atoms with Gasteiger partial charge in [-0.3, -0.25) is 9.59 Å². The van der Waals surface area contributed by atoms with Crippen LogP contribution < -0.4 is 10.1 Å². The molecule has 0 saturated carbocycles. The molecule has 0 spiro atoms. The maximum absolute atomic E-state index is 13.4. The first-order chi connectivity index (χ1) is 16.5. The van der Waals surface area contributed by atoms with Gasteiger partial charge in [-0.25, -0.2) is 0 Å². The quantitative estimate of drug-likeness (QED) is 0.407. The summed E-state index contributed by atoms with van der Waals surface area (Å²) in [6.07, 6.45) is 0.434. The number of benzene rings is 3. The van der Waals surface area contributed by atoms with E-state index < -0.39 is 6.04 Å². The van der Waals surface area contributed by atoms with Crippen molar-refractivity contribution in [1.29, 1.82) is 0 Å². The van der Waals surface area contributed by atoms with Gasteiger partial charge in [0, 0.05) is 30.8 Å². The number of rotatable bonds is 11. The average Bonchev–Trinajstić information content (AvgIpc) is 2.87. The van der Waals surface area contributed by atoms with Crippen LogP contribution in [0.5, 0.6) is 5.75 Å². The third kappa shape index (κ3) is 7.54. The van der Waals surface area contributed by atoms with E-state index in [9.17, 15) is 9.59 Å². The predicted molar refractivity (Wildman–Crippen MR) is 139 cm³/mol. The zero-order chi connectivity index (χ0) is 24.3. The maximum Gasteiger partial charge on any atom is 0.242 e. The molecule has 0 aliphatic carbocycles. The molecule has 0 aliphatic heterocycles. The van der Waals surface area contributed by atoms with Crippen molar-refractivity contribution in [2.45, 2.75) is 24.8 Å². The summed E-state index contributed by atoms with van der Waals surface area (Å²) < 4.78 is 5.20. The van der Waals surface area contributed by atoms with Gasteiger partial charge in [-0.15, -0.1) is 11.8 Å². The average molecular weight is 497 g/mol. The Morgan fingerprint density at radius 3 is 2.21 bits per heavy atom. The monoisotopic (exact) mass is 496 g/mol. The van der Waals surface area contributed by atoms with Crippen LogP contribution in [0.4, 0.5) is 0 Å². The summed E-state index contributed by atoms with van der Waals surface area (Å²) in [6, 6.07) is 24.3. The Labute approximate surface area is 210 Å². The number of ether oxygens (including phenoxy) is 1. The lowest BCUT2D eigenvalue weighted by molar-refractivity contribution is -0.139. The van der Waals surface area contributed by atoms with Gasteiger partial charge >= 0.3 is 0 Å². The lowest BCUT2D eigenvalue weighted by atomic mass is 10.0. The molecule has 3 aromatic carbocycles. The van der Waals surface area contributed by atoms with E-state index in [2.05, 4.69) is 5.32 Å². The SMILES string of the molecule is CNC(=O)[C@@H](Cc1ccccc1)N(Cc1ccc(Cl)cc1)C(=O)CSCc1ccc(OC)cc1. The molecule has 1 N–H and O–H groups in total. The van der Waals surface area contributed by atoms with Gasteiger partial charge in [0.2, 0.25) is 11.8 Å². The highest BCUT2D eigenvalue weighted by Gasteiger charge is 2.29. The van der Waals surface area contributed by atoms with E-state index in [4.69, 9.17) is 16.3 Å². The van der Waals surface area contributed by atoms with Crippen molar-refractivity contribution in [2.75, 3.05) is 19.9 Å². The second-order valence-electron chi connectivity index (χ2n) is 7.81. The van der Waals surface area contributed by atoms with Crippen LogP contribution in [0.1, 0.15) is 16.7 Å². The largest absolute Gasteiger partial charge is 0.497 e. The second kappa shape index (κ2) is 13.1. The summed E-state index contributed by atoms with van der Waals surface area (Å²) in [5.74, 6) is 1.48. The number of thioether (sulfide) groups is 1. The first kappa shape index (κ1) is 25.7. The van der Waals surface area contributed by atoms with Crippen molar-refractivity contribution in [3.05, 3.63) is 101 Å². The lowest BCUT2D eigenvalue weighted by Crippen LogP contribution is -2.50. The Hall–Kier alpha value is -2.96. The van der Waals surface area contributed by atoms with Crippen LogP contribution >= 0.6 is 23.4 Å². The number of nitrogens with one attached hydrogen (secondary N) is 1. The molecule has 0 heterocycles. The number of halogens is 1. The standard InChI is InChI=1S/C27H29ClN2O3S/c1-29-27(32)25(16-20-6-4-3-5-7-20)30(17-21-8-12-23(28)13-9-21)26(31)19-34-18-22-10-14-24(33-2)15-11-22/h3-15,25H,16-19H2,1-2H3,(H,29,32)/t25-/m1/s1. The smallest absolute Gasteiger partial charge is 0.242 e. The summed E-state index contributed by atoms with van der Waals surface area (Å²) in [5.41, 5.74) is 3.02. The summed E-state index contributed by atoms with van der Waals surface area (Å²) in [4.78, 5) is 28.0. The first-order valence-corrected chi connectivity index (χ1v) is 12.5. The van der Waals surface area contributed by atoms with Gasteiger partial charge in [0.05, 0.1) is 12.9 Å². The van der Waals surface area contributed by atoms with Crippen molar-refractivity contribution >= 4 is 35.2 Å². The van der Waals surface area contributed by atoms with Crippen molar-refractivity contribution in [3.63, 3.8) is 0 Å². The fraction of sp³-hybridized carbons (Fsp3) is 0.259. The Morgan fingerprint density at radius 1 is 0.941 bits per heavy atom. The zero-order valence-corrected chi connectivity index (χ0v) is 20.9. The lowest BCUT2D eigenvalue weighted by Gasteiger charge is -2.31. The van der Waals surface area contributed by atoms with Crippen LogP contribution in [-0.4, -0.2) is 42.7 Å². The van der Waals surface area contributed by atoms with E-state index in [0.717, 1.165) is 22.4 Å². The molecule has 5 nitrogen and oxygen atoms in total. The molecular weight excluding hydrogens is 468 g/mol. The minimum Gasteiger partial charge on any atom is -0.497 e. The minimum atomic E-state index is -0.628. The summed E-state index contributed by atoms with van der Waals surface area (Å²) in [7, 11) is 3.24. The van der Waals surface area contributed by atoms with Gasteiger partial charge in [0.1, 0.15) is 11.8 Å². The van der Waals surface area contributed by atoms with Crippen LogP contribution in [0.2, 0.25) is 5.02 Å². The molecule has 178 valence electrons. The molecule has 1 atom stereocenters. The molecule has 3 aromatic rings. The number of carbonyl (C=O) groups is 2. The van der Waals surface area contributed by atoms with Gasteiger partial charge in [-0.2, -0.15) is 0 Å². The van der Waals surface area contributed by atoms with Gasteiger partial charge in [0.15, 0.2) is 0 Å². The van der Waals surface area contributed by atoms with E-state index in [-0.39, 0.29) is 17.6 Å². The van der Waals surface area contributed by atoms with Crippen LogP contribution in [0.3, 0.4) is 0 Å². The fourth-order valence-electron chi connectivity index (χ4n) is 3.57. The van der Waals surface area contributed by atoms with Crippen LogP contribution in [-0.2, 0) is 28.3 Å². The van der Waals surface area contributed by atoms with Crippen LogP contribution in [0, 0.1) is 0 Å². The third-order valence-electron chi connectivity index (χ3n) is 5.44. The Balaban J connectivity index is 1.77. The van der Waals surface area contributed by atoms with E-state index in [1.54, 1.807) is 31.2 Å². The molecule has 3 rings (SSSR count). The summed E-state index contributed by atoms with van der Waals surface area (Å²) >= 11 is 7.57. The Kier molecular flexibility index (Phi) is 9.86. The molecular formula is C27H29ClN2O3S. The van der Waals surface area contributed by atoms with Crippen LogP contribution in [0.25, 0.3) is 0 Å². The highest BCUT2D eigenvalue weighted by atomic mass is 35.5. The van der Waals surface area contributed by atoms with Crippen LogP contribution in [0.15, 0.2) is 78.9 Å². The molecule has 2 amide bonds. The second-order valence-corrected chi connectivity index (χ2v) is 9.23. The topological polar surface area (TPSA) is 58.6 Å². The van der Waals surface area contributed by atoms with Crippen molar-refractivity contribution in [3.8, 4) is 5.75 Å². The number of carbonyl (C=O) groups excluding carboxylic acids is 2. The molecule has 0 bridgehead atoms. The highest BCUT2D eigenvalue weighted by molar-refractivity contribution is 7.99. The normalized spacial score (nSPS) is 11.5. The molecule has 7 heteroatoms. The summed E-state index contributed by atoms with van der Waals surface area (Å²) in [5, 5.41) is 3.36. The maximum atomic E-state index is 13.4. The van der Waals surface area contributed by atoms with E-state index in [0.29, 0.717) is 23.7 Å². The zero-order valence-electron chi connectivity index (χ0n) is 19.4. The number of hydrogen-bond donors (Lipinski definition) is 1. The van der Waals surface area contributed by atoms with Crippen molar-refractivity contribution in [1.82, 2.24) is 10.2 Å². The number of nitrogens with zero attached hydrogens (tertiary/aromatic N) is 1. The van der Waals surface area contributed by atoms with E-state index in [1.807, 2.05) is 66.7 Å². The van der Waals surface area contributed by atoms with Gasteiger partial charge in [-0.1, -0.05) is 66.2 Å². The van der Waals surface area contributed by atoms with Crippen molar-refractivity contribution in [2.24, 2.45) is 0 Å². The molecule has 0 saturated heterocycles. The highest BCUT2D eigenvalue weighted by Crippen LogP contribution is 2.20. The summed E-state index contributed by atoms with van der Waals surface area (Å²) in [6.45, 7) is 0.323. The minimum absolute atomic E-state index is 0.0852. The predicted octanol–water partition coefficient (Wildman–Crippen LogP) is 4.97. The number of likely N-dealkylation sites (N-methyl/N-ethyl adjacent to an activating group) is 1. The molecule has 0 aliphatic rings. The molecule has 0 aromatic heterocycles. The fourth-order valence-corrected chi connectivity index (χ4v) is 4.56. The molecule has 0 unspecified atom stereocenters. The van der Waals surface area contributed by atoms with E-state index in [1.165, 1.54) is 11.8 Å². The molecule has 0 radical (unpaired) electrons. The van der Waals surface area contributed by atoms with Gasteiger partial charge in [-0.05, 0) is 41.0 Å². The Bertz CT molecular complexity index is 1060. The number of amides is 2. The molecule has 0 fully saturated rings. The van der Waals surface area contributed by atoms with E-state index >= 15 is 0 Å². The Morgan fingerprint density at radius 2 is 1.59 bits per heavy atom. The number of methoxy groups -OCH3 is 1. The van der Waals surface area contributed by atoms with Gasteiger partial charge in [0.25, 0.3) is 0 Å². The molecule has 34 heavy (non-hydrogen) atoms. The third-order valence-corrected chi connectivity index (χ3v) is 6.68. The number of hydrogen-bond acceptors (Lipinski definition) is 4.